The van der Waals surface area contributed by atoms with Gasteiger partial charge in [-0.2, -0.15) is 0 Å². The van der Waals surface area contributed by atoms with Crippen molar-refractivity contribution in [2.75, 3.05) is 25.0 Å². The molecule has 1 saturated carbocycles. The van der Waals surface area contributed by atoms with E-state index in [1.807, 2.05) is 41.6 Å². The number of pyridine rings is 1. The van der Waals surface area contributed by atoms with E-state index in [9.17, 15) is 4.79 Å². The van der Waals surface area contributed by atoms with E-state index in [0.29, 0.717) is 12.0 Å². The number of nitrogens with zero attached hydrogens (tertiary/aromatic N) is 4. The van der Waals surface area contributed by atoms with E-state index in [1.165, 1.54) is 12.8 Å². The van der Waals surface area contributed by atoms with E-state index in [4.69, 9.17) is 4.98 Å². The third-order valence-electron chi connectivity index (χ3n) is 6.61. The molecule has 5 rings (SSSR count). The van der Waals surface area contributed by atoms with Crippen LogP contribution in [-0.2, 0) is 0 Å². The molecule has 162 valence electrons. The Kier molecular flexibility index (Phi) is 5.38. The van der Waals surface area contributed by atoms with Gasteiger partial charge in [0.2, 0.25) is 0 Å². The lowest BCUT2D eigenvalue weighted by molar-refractivity contribution is 0.0712. The molecule has 1 saturated heterocycles. The Bertz CT molecular complexity index is 1060. The molecular weight excluding hydrogens is 386 g/mol. The first-order valence-electron chi connectivity index (χ1n) is 11.6. The van der Waals surface area contributed by atoms with Crippen LogP contribution >= 0.6 is 0 Å². The van der Waals surface area contributed by atoms with Gasteiger partial charge in [0.05, 0.1) is 11.8 Å². The Labute approximate surface area is 183 Å². The van der Waals surface area contributed by atoms with Crippen LogP contribution in [-0.4, -0.2) is 45.0 Å². The minimum absolute atomic E-state index is 0.132. The summed E-state index contributed by atoms with van der Waals surface area (Å²) in [5.41, 5.74) is 4.02. The smallest absolute Gasteiger partial charge is 0.253 e. The van der Waals surface area contributed by atoms with E-state index >= 15 is 0 Å². The number of amides is 1. The summed E-state index contributed by atoms with van der Waals surface area (Å²) < 4.78 is 2.23. The van der Waals surface area contributed by atoms with Crippen molar-refractivity contribution in [2.24, 2.45) is 5.92 Å². The van der Waals surface area contributed by atoms with Gasteiger partial charge in [-0.1, -0.05) is 18.2 Å². The summed E-state index contributed by atoms with van der Waals surface area (Å²) in [6, 6.07) is 12.2. The number of carbonyl (C=O) groups excluding carboxylic acids is 1. The Morgan fingerprint density at radius 3 is 2.55 bits per heavy atom. The number of piperidine rings is 1. The van der Waals surface area contributed by atoms with Crippen LogP contribution in [0.15, 0.2) is 42.7 Å². The van der Waals surface area contributed by atoms with Crippen LogP contribution in [0.4, 0.5) is 5.82 Å². The highest BCUT2D eigenvalue weighted by atomic mass is 16.2. The van der Waals surface area contributed by atoms with Crippen molar-refractivity contribution in [1.29, 1.82) is 0 Å². The van der Waals surface area contributed by atoms with Crippen LogP contribution in [0.5, 0.6) is 0 Å². The summed E-state index contributed by atoms with van der Waals surface area (Å²) in [6.07, 6.45) is 6.43. The number of benzene rings is 1. The molecule has 1 amide bonds. The maximum Gasteiger partial charge on any atom is 0.253 e. The molecule has 0 atom stereocenters. The number of fused-ring (bicyclic) bond motifs is 1. The lowest BCUT2D eigenvalue weighted by Crippen LogP contribution is -2.38. The largest absolute Gasteiger partial charge is 0.368 e. The lowest BCUT2D eigenvalue weighted by atomic mass is 9.92. The van der Waals surface area contributed by atoms with Crippen molar-refractivity contribution >= 4 is 22.8 Å². The Hall–Kier alpha value is -2.89. The number of nitrogens with one attached hydrogen (secondary N) is 1. The van der Waals surface area contributed by atoms with E-state index in [-0.39, 0.29) is 5.91 Å². The summed E-state index contributed by atoms with van der Waals surface area (Å²) >= 11 is 0. The van der Waals surface area contributed by atoms with Gasteiger partial charge in [-0.15, -0.1) is 0 Å². The number of hydrogen-bond donors (Lipinski definition) is 1. The Morgan fingerprint density at radius 1 is 1.13 bits per heavy atom. The van der Waals surface area contributed by atoms with Crippen molar-refractivity contribution in [2.45, 2.75) is 51.5 Å². The van der Waals surface area contributed by atoms with E-state index in [2.05, 4.69) is 34.8 Å². The first-order valence-corrected chi connectivity index (χ1v) is 11.6. The predicted molar refractivity (Wildman–Crippen MR) is 123 cm³/mol. The molecule has 1 N–H and O–H groups in total. The van der Waals surface area contributed by atoms with Gasteiger partial charge in [-0.25, -0.2) is 9.97 Å². The lowest BCUT2D eigenvalue weighted by Gasteiger charge is -2.32. The summed E-state index contributed by atoms with van der Waals surface area (Å²) in [5, 5.41) is 3.58. The second-order valence-corrected chi connectivity index (χ2v) is 9.27. The molecule has 0 unspecified atom stereocenters. The average Bonchev–Trinajstić information content (AvgIpc) is 3.53. The maximum atomic E-state index is 12.8. The molecule has 2 aromatic heterocycles. The van der Waals surface area contributed by atoms with Crippen LogP contribution in [0, 0.1) is 5.92 Å². The third-order valence-corrected chi connectivity index (χ3v) is 6.61. The monoisotopic (exact) mass is 417 g/mol. The second-order valence-electron chi connectivity index (χ2n) is 9.27. The number of rotatable bonds is 6. The summed E-state index contributed by atoms with van der Waals surface area (Å²) in [6.45, 7) is 6.89. The SMILES string of the molecule is CC(C)n1cnc2c(NCC3CC3)nc(C3CCN(C(=O)c4ccccc4)CC3)cc21. The molecule has 2 aliphatic rings. The molecule has 1 aromatic carbocycles. The number of carbonyl (C=O) groups is 1. The predicted octanol–water partition coefficient (Wildman–Crippen LogP) is 4.85. The van der Waals surface area contributed by atoms with Gasteiger partial charge in [0.15, 0.2) is 5.82 Å². The summed E-state index contributed by atoms with van der Waals surface area (Å²) in [4.78, 5) is 24.5. The summed E-state index contributed by atoms with van der Waals surface area (Å²) in [5.74, 6) is 2.19. The molecule has 31 heavy (non-hydrogen) atoms. The fourth-order valence-electron chi connectivity index (χ4n) is 4.50. The minimum atomic E-state index is 0.132. The Morgan fingerprint density at radius 2 is 1.87 bits per heavy atom. The average molecular weight is 418 g/mol. The van der Waals surface area contributed by atoms with Crippen LogP contribution in [0.1, 0.15) is 67.5 Å². The highest BCUT2D eigenvalue weighted by Crippen LogP contribution is 2.34. The molecular formula is C25H31N5O. The minimum Gasteiger partial charge on any atom is -0.368 e. The molecule has 3 aromatic rings. The molecule has 1 aliphatic carbocycles. The molecule has 0 radical (unpaired) electrons. The molecule has 3 heterocycles. The topological polar surface area (TPSA) is 63.1 Å². The zero-order valence-corrected chi connectivity index (χ0v) is 18.4. The van der Waals surface area contributed by atoms with Crippen LogP contribution in [0.2, 0.25) is 0 Å². The van der Waals surface area contributed by atoms with Crippen LogP contribution in [0.25, 0.3) is 11.0 Å². The molecule has 6 nitrogen and oxygen atoms in total. The third kappa shape index (κ3) is 4.16. The van der Waals surface area contributed by atoms with Crippen molar-refractivity contribution in [3.05, 3.63) is 54.0 Å². The molecule has 1 aliphatic heterocycles. The zero-order valence-electron chi connectivity index (χ0n) is 18.4. The van der Waals surface area contributed by atoms with Crippen molar-refractivity contribution < 1.29 is 4.79 Å². The van der Waals surface area contributed by atoms with E-state index in [1.54, 1.807) is 0 Å². The van der Waals surface area contributed by atoms with E-state index in [0.717, 1.165) is 66.5 Å². The first-order chi connectivity index (χ1) is 15.1. The number of aromatic nitrogens is 3. The molecule has 2 fully saturated rings. The number of anilines is 1. The number of imidazole rings is 1. The van der Waals surface area contributed by atoms with Gasteiger partial charge in [-0.3, -0.25) is 4.79 Å². The van der Waals surface area contributed by atoms with Gasteiger partial charge in [0.1, 0.15) is 5.52 Å². The van der Waals surface area contributed by atoms with E-state index < -0.39 is 0 Å². The van der Waals surface area contributed by atoms with Gasteiger partial charge >= 0.3 is 0 Å². The standard InChI is InChI=1S/C25H31N5O/c1-17(2)30-16-27-23-22(30)14-21(28-24(23)26-15-18-8-9-18)19-10-12-29(13-11-19)25(31)20-6-4-3-5-7-20/h3-7,14,16-19H,8-13,15H2,1-2H3,(H,26,28). The van der Waals surface area contributed by atoms with Crippen molar-refractivity contribution in [1.82, 2.24) is 19.4 Å². The van der Waals surface area contributed by atoms with Gasteiger partial charge < -0.3 is 14.8 Å². The van der Waals surface area contributed by atoms with Gasteiger partial charge in [0.25, 0.3) is 5.91 Å². The maximum absolute atomic E-state index is 12.8. The zero-order chi connectivity index (χ0) is 21.4. The van der Waals surface area contributed by atoms with Crippen molar-refractivity contribution in [3.63, 3.8) is 0 Å². The fourth-order valence-corrected chi connectivity index (χ4v) is 4.50. The van der Waals surface area contributed by atoms with Crippen LogP contribution < -0.4 is 5.32 Å². The van der Waals surface area contributed by atoms with Gasteiger partial charge in [0, 0.05) is 42.9 Å². The number of hydrogen-bond acceptors (Lipinski definition) is 4. The van der Waals surface area contributed by atoms with Crippen molar-refractivity contribution in [3.8, 4) is 0 Å². The Balaban J connectivity index is 1.37. The van der Waals surface area contributed by atoms with Gasteiger partial charge in [-0.05, 0) is 63.6 Å². The molecule has 6 heteroatoms. The number of likely N-dealkylation sites (tertiary alicyclic amines) is 1. The fraction of sp³-hybridized carbons (Fsp3) is 0.480. The molecule has 0 bridgehead atoms. The quantitative estimate of drug-likeness (QED) is 0.622. The molecule has 0 spiro atoms. The first kappa shape index (κ1) is 20.0. The summed E-state index contributed by atoms with van der Waals surface area (Å²) in [7, 11) is 0. The van der Waals surface area contributed by atoms with Crippen LogP contribution in [0.3, 0.4) is 0 Å². The normalized spacial score (nSPS) is 17.5. The highest BCUT2D eigenvalue weighted by Gasteiger charge is 2.27. The second kappa shape index (κ2) is 8.33. The highest BCUT2D eigenvalue weighted by molar-refractivity contribution is 5.94.